The summed E-state index contributed by atoms with van der Waals surface area (Å²) in [6.45, 7) is 1.96. The van der Waals surface area contributed by atoms with Crippen LogP contribution in [0.4, 0.5) is 0 Å². The van der Waals surface area contributed by atoms with Gasteiger partial charge < -0.3 is 14.5 Å². The van der Waals surface area contributed by atoms with E-state index in [-0.39, 0.29) is 5.69 Å². The molecule has 1 amide bonds. The van der Waals surface area contributed by atoms with Crippen LogP contribution in [0.25, 0.3) is 5.65 Å². The quantitative estimate of drug-likeness (QED) is 0.724. The highest BCUT2D eigenvalue weighted by atomic mass is 16.5. The van der Waals surface area contributed by atoms with E-state index in [1.807, 2.05) is 55.6 Å². The molecule has 0 aliphatic heterocycles. The van der Waals surface area contributed by atoms with Crippen molar-refractivity contribution in [3.8, 4) is 0 Å². The Morgan fingerprint density at radius 3 is 2.64 bits per heavy atom. The standard InChI is InChI=1S/C19H19N3O3/c1-13-8-9-17-20-16(12-22(17)11-13)18(23)21-15(19(24)25-2)10-14-6-4-3-5-7-14/h3-9,11-12,15H,10H2,1-2H3,(H,21,23)/t15-/m0/s1. The van der Waals surface area contributed by atoms with E-state index in [0.29, 0.717) is 12.1 Å². The highest BCUT2D eigenvalue weighted by molar-refractivity contribution is 5.95. The molecule has 2 heterocycles. The van der Waals surface area contributed by atoms with E-state index in [1.54, 1.807) is 10.6 Å². The third-order valence-corrected chi connectivity index (χ3v) is 3.91. The third-order valence-electron chi connectivity index (χ3n) is 3.91. The predicted molar refractivity (Wildman–Crippen MR) is 93.3 cm³/mol. The number of fused-ring (bicyclic) bond motifs is 1. The summed E-state index contributed by atoms with van der Waals surface area (Å²) in [5, 5.41) is 2.72. The van der Waals surface area contributed by atoms with Gasteiger partial charge >= 0.3 is 5.97 Å². The van der Waals surface area contributed by atoms with Crippen molar-refractivity contribution in [1.82, 2.24) is 14.7 Å². The van der Waals surface area contributed by atoms with E-state index >= 15 is 0 Å². The Morgan fingerprint density at radius 2 is 1.92 bits per heavy atom. The first-order chi connectivity index (χ1) is 12.1. The lowest BCUT2D eigenvalue weighted by Crippen LogP contribution is -2.43. The summed E-state index contributed by atoms with van der Waals surface area (Å²) >= 11 is 0. The lowest BCUT2D eigenvalue weighted by Gasteiger charge is -2.15. The number of hydrogen-bond donors (Lipinski definition) is 1. The Balaban J connectivity index is 1.79. The second kappa shape index (κ2) is 7.17. The molecule has 0 saturated carbocycles. The minimum absolute atomic E-state index is 0.257. The minimum atomic E-state index is -0.772. The summed E-state index contributed by atoms with van der Waals surface area (Å²) in [7, 11) is 1.31. The van der Waals surface area contributed by atoms with E-state index in [9.17, 15) is 9.59 Å². The Morgan fingerprint density at radius 1 is 1.16 bits per heavy atom. The first-order valence-electron chi connectivity index (χ1n) is 7.95. The van der Waals surface area contributed by atoms with Crippen molar-refractivity contribution >= 4 is 17.5 Å². The van der Waals surface area contributed by atoms with Gasteiger partial charge in [0.1, 0.15) is 17.4 Å². The number of aromatic nitrogens is 2. The van der Waals surface area contributed by atoms with E-state index in [0.717, 1.165) is 11.1 Å². The van der Waals surface area contributed by atoms with Crippen molar-refractivity contribution in [3.05, 3.63) is 71.7 Å². The van der Waals surface area contributed by atoms with Gasteiger partial charge in [-0.2, -0.15) is 0 Å². The van der Waals surface area contributed by atoms with Crippen molar-refractivity contribution in [3.63, 3.8) is 0 Å². The summed E-state index contributed by atoms with van der Waals surface area (Å²) in [4.78, 5) is 28.9. The number of rotatable bonds is 5. The molecular weight excluding hydrogens is 318 g/mol. The molecule has 6 heteroatoms. The Hall–Kier alpha value is -3.15. The van der Waals surface area contributed by atoms with Crippen molar-refractivity contribution in [2.24, 2.45) is 0 Å². The highest BCUT2D eigenvalue weighted by Crippen LogP contribution is 2.09. The molecule has 1 atom stereocenters. The Labute approximate surface area is 145 Å². The van der Waals surface area contributed by atoms with Gasteiger partial charge in [-0.15, -0.1) is 0 Å². The van der Waals surface area contributed by atoms with Crippen LogP contribution in [0.15, 0.2) is 54.9 Å². The van der Waals surface area contributed by atoms with Crippen LogP contribution in [0, 0.1) is 6.92 Å². The number of pyridine rings is 1. The number of carbonyl (C=O) groups is 2. The fourth-order valence-corrected chi connectivity index (χ4v) is 2.63. The maximum absolute atomic E-state index is 12.5. The van der Waals surface area contributed by atoms with Gasteiger partial charge in [0.05, 0.1) is 7.11 Å². The molecule has 3 aromatic rings. The van der Waals surface area contributed by atoms with E-state index < -0.39 is 17.9 Å². The molecule has 128 valence electrons. The molecule has 25 heavy (non-hydrogen) atoms. The SMILES string of the molecule is COC(=O)[C@H](Cc1ccccc1)NC(=O)c1cn2cc(C)ccc2n1. The fourth-order valence-electron chi connectivity index (χ4n) is 2.63. The van der Waals surface area contributed by atoms with Crippen molar-refractivity contribution in [1.29, 1.82) is 0 Å². The maximum Gasteiger partial charge on any atom is 0.328 e. The normalized spacial score (nSPS) is 11.9. The van der Waals surface area contributed by atoms with Gasteiger partial charge in [-0.3, -0.25) is 4.79 Å². The summed E-state index contributed by atoms with van der Waals surface area (Å²) < 4.78 is 6.60. The molecule has 0 bridgehead atoms. The van der Waals surface area contributed by atoms with Crippen LogP contribution < -0.4 is 5.32 Å². The second-order valence-electron chi connectivity index (χ2n) is 5.84. The maximum atomic E-state index is 12.5. The fraction of sp³-hybridized carbons (Fsp3) is 0.211. The minimum Gasteiger partial charge on any atom is -0.467 e. The van der Waals surface area contributed by atoms with Crippen LogP contribution >= 0.6 is 0 Å². The Kier molecular flexibility index (Phi) is 4.79. The summed E-state index contributed by atoms with van der Waals surface area (Å²) in [6.07, 6.45) is 3.89. The molecule has 0 unspecified atom stereocenters. The number of nitrogens with one attached hydrogen (secondary N) is 1. The molecule has 0 aliphatic rings. The van der Waals surface area contributed by atoms with Gasteiger partial charge in [-0.25, -0.2) is 9.78 Å². The van der Waals surface area contributed by atoms with Gasteiger partial charge in [0, 0.05) is 18.8 Å². The number of benzene rings is 1. The summed E-state index contributed by atoms with van der Waals surface area (Å²) in [5.74, 6) is -0.899. The van der Waals surface area contributed by atoms with Crippen LogP contribution in [0.3, 0.4) is 0 Å². The van der Waals surface area contributed by atoms with Crippen molar-refractivity contribution in [2.75, 3.05) is 7.11 Å². The predicted octanol–water partition coefficient (Wildman–Crippen LogP) is 2.16. The van der Waals surface area contributed by atoms with E-state index in [2.05, 4.69) is 10.3 Å². The number of nitrogens with zero attached hydrogens (tertiary/aromatic N) is 2. The van der Waals surface area contributed by atoms with E-state index in [1.165, 1.54) is 7.11 Å². The van der Waals surface area contributed by atoms with Crippen molar-refractivity contribution < 1.29 is 14.3 Å². The molecule has 0 fully saturated rings. The first kappa shape index (κ1) is 16.7. The molecule has 1 aromatic carbocycles. The number of ether oxygens (including phenoxy) is 1. The lowest BCUT2D eigenvalue weighted by molar-refractivity contribution is -0.142. The van der Waals surface area contributed by atoms with Crippen molar-refractivity contribution in [2.45, 2.75) is 19.4 Å². The number of aryl methyl sites for hydroxylation is 1. The number of hydrogen-bond acceptors (Lipinski definition) is 4. The van der Waals surface area contributed by atoms with Gasteiger partial charge in [0.15, 0.2) is 0 Å². The van der Waals surface area contributed by atoms with Crippen LogP contribution in [0.2, 0.25) is 0 Å². The topological polar surface area (TPSA) is 72.7 Å². The molecule has 3 rings (SSSR count). The van der Waals surface area contributed by atoms with Gasteiger partial charge in [0.25, 0.3) is 5.91 Å². The number of methoxy groups -OCH3 is 1. The van der Waals surface area contributed by atoms with Crippen LogP contribution in [-0.2, 0) is 16.0 Å². The zero-order valence-electron chi connectivity index (χ0n) is 14.1. The molecule has 0 aliphatic carbocycles. The zero-order valence-corrected chi connectivity index (χ0v) is 14.1. The number of amides is 1. The molecule has 0 saturated heterocycles. The first-order valence-corrected chi connectivity index (χ1v) is 7.95. The average molecular weight is 337 g/mol. The molecule has 2 aromatic heterocycles. The zero-order chi connectivity index (χ0) is 17.8. The Bertz CT molecular complexity index is 903. The number of esters is 1. The van der Waals surface area contributed by atoms with Crippen LogP contribution in [0.5, 0.6) is 0 Å². The monoisotopic (exact) mass is 337 g/mol. The van der Waals surface area contributed by atoms with Gasteiger partial charge in [-0.1, -0.05) is 36.4 Å². The van der Waals surface area contributed by atoms with Gasteiger partial charge in [-0.05, 0) is 24.1 Å². The largest absolute Gasteiger partial charge is 0.467 e. The highest BCUT2D eigenvalue weighted by Gasteiger charge is 2.23. The second-order valence-corrected chi connectivity index (χ2v) is 5.84. The summed E-state index contributed by atoms with van der Waals surface area (Å²) in [5.41, 5.74) is 2.93. The molecule has 0 radical (unpaired) electrons. The number of imidazole rings is 1. The third kappa shape index (κ3) is 3.85. The average Bonchev–Trinajstić information content (AvgIpc) is 3.04. The molecule has 0 spiro atoms. The summed E-state index contributed by atoms with van der Waals surface area (Å²) in [6, 6.07) is 12.5. The van der Waals surface area contributed by atoms with Gasteiger partial charge in [0.2, 0.25) is 0 Å². The molecule has 1 N–H and O–H groups in total. The van der Waals surface area contributed by atoms with E-state index in [4.69, 9.17) is 4.74 Å². The smallest absolute Gasteiger partial charge is 0.328 e. The van der Waals surface area contributed by atoms with Crippen LogP contribution in [0.1, 0.15) is 21.6 Å². The number of carbonyl (C=O) groups excluding carboxylic acids is 2. The van der Waals surface area contributed by atoms with Crippen LogP contribution in [-0.4, -0.2) is 34.4 Å². The molecule has 6 nitrogen and oxygen atoms in total. The molecular formula is C19H19N3O3. The lowest BCUT2D eigenvalue weighted by atomic mass is 10.1.